The highest BCUT2D eigenvalue weighted by atomic mass is 32.2. The first-order valence-corrected chi connectivity index (χ1v) is 6.71. The minimum atomic E-state index is -3.25. The lowest BCUT2D eigenvalue weighted by atomic mass is 9.86. The van der Waals surface area contributed by atoms with E-state index < -0.39 is 10.1 Å². The smallest absolute Gasteiger partial charge is 0.264 e. The van der Waals surface area contributed by atoms with Crippen molar-refractivity contribution in [3.05, 3.63) is 0 Å². The van der Waals surface area contributed by atoms with Crippen LogP contribution in [0.5, 0.6) is 0 Å². The Bertz CT molecular complexity index is 238. The molecular formula is C9H18O3S. The molecule has 0 heterocycles. The Morgan fingerprint density at radius 2 is 1.77 bits per heavy atom. The topological polar surface area (TPSA) is 43.4 Å². The van der Waals surface area contributed by atoms with Crippen LogP contribution in [0.1, 0.15) is 39.0 Å². The Morgan fingerprint density at radius 1 is 1.23 bits per heavy atom. The molecule has 0 radical (unpaired) electrons. The maximum Gasteiger partial charge on any atom is 0.264 e. The van der Waals surface area contributed by atoms with Crippen LogP contribution in [-0.4, -0.2) is 20.8 Å². The van der Waals surface area contributed by atoms with Crippen LogP contribution in [0.3, 0.4) is 0 Å². The van der Waals surface area contributed by atoms with Crippen molar-refractivity contribution >= 4 is 10.1 Å². The van der Waals surface area contributed by atoms with Crippen LogP contribution in [-0.2, 0) is 14.3 Å². The molecule has 0 unspecified atom stereocenters. The zero-order valence-corrected chi connectivity index (χ0v) is 9.14. The van der Waals surface area contributed by atoms with E-state index in [0.717, 1.165) is 37.9 Å². The van der Waals surface area contributed by atoms with Crippen molar-refractivity contribution in [2.75, 3.05) is 6.26 Å². The zero-order chi connectivity index (χ0) is 9.90. The molecule has 0 bridgehead atoms. The van der Waals surface area contributed by atoms with Crippen LogP contribution in [0.4, 0.5) is 0 Å². The van der Waals surface area contributed by atoms with E-state index in [9.17, 15) is 8.42 Å². The fourth-order valence-electron chi connectivity index (χ4n) is 1.88. The van der Waals surface area contributed by atoms with Gasteiger partial charge in [-0.05, 0) is 31.6 Å². The normalized spacial score (nSPS) is 30.3. The summed E-state index contributed by atoms with van der Waals surface area (Å²) < 4.78 is 26.6. The lowest BCUT2D eigenvalue weighted by Gasteiger charge is -2.26. The molecule has 0 amide bonds. The summed E-state index contributed by atoms with van der Waals surface area (Å²) in [7, 11) is -3.25. The van der Waals surface area contributed by atoms with E-state index in [4.69, 9.17) is 4.18 Å². The molecule has 0 aromatic heterocycles. The van der Waals surface area contributed by atoms with Gasteiger partial charge in [0.25, 0.3) is 10.1 Å². The van der Waals surface area contributed by atoms with Gasteiger partial charge in [-0.3, -0.25) is 4.18 Å². The van der Waals surface area contributed by atoms with Gasteiger partial charge in [-0.2, -0.15) is 8.42 Å². The van der Waals surface area contributed by atoms with Crippen molar-refractivity contribution in [2.24, 2.45) is 5.92 Å². The van der Waals surface area contributed by atoms with Crippen molar-refractivity contribution in [1.82, 2.24) is 0 Å². The van der Waals surface area contributed by atoms with E-state index >= 15 is 0 Å². The second kappa shape index (κ2) is 4.42. The predicted molar refractivity (Wildman–Crippen MR) is 52.0 cm³/mol. The van der Waals surface area contributed by atoms with Gasteiger partial charge < -0.3 is 0 Å². The minimum absolute atomic E-state index is 0.0576. The largest absolute Gasteiger partial charge is 0.267 e. The third kappa shape index (κ3) is 4.09. The highest BCUT2D eigenvalue weighted by Crippen LogP contribution is 2.28. The van der Waals surface area contributed by atoms with E-state index in [2.05, 4.69) is 6.92 Å². The molecule has 0 saturated heterocycles. The molecule has 0 spiro atoms. The Labute approximate surface area is 80.6 Å². The molecule has 1 aliphatic rings. The van der Waals surface area contributed by atoms with Gasteiger partial charge in [-0.15, -0.1) is 0 Å². The summed E-state index contributed by atoms with van der Waals surface area (Å²) in [6, 6.07) is 0. The van der Waals surface area contributed by atoms with Crippen LogP contribution in [0.25, 0.3) is 0 Å². The monoisotopic (exact) mass is 206 g/mol. The summed E-state index contributed by atoms with van der Waals surface area (Å²) in [6.45, 7) is 2.18. The minimum Gasteiger partial charge on any atom is -0.267 e. The van der Waals surface area contributed by atoms with Gasteiger partial charge >= 0.3 is 0 Å². The van der Waals surface area contributed by atoms with E-state index in [-0.39, 0.29) is 6.10 Å². The maximum atomic E-state index is 10.8. The molecule has 4 heteroatoms. The van der Waals surface area contributed by atoms with Crippen LogP contribution in [0.2, 0.25) is 0 Å². The molecule has 0 aromatic rings. The van der Waals surface area contributed by atoms with Gasteiger partial charge in [0.1, 0.15) is 0 Å². The van der Waals surface area contributed by atoms with Crippen LogP contribution in [0, 0.1) is 5.92 Å². The second-order valence-electron chi connectivity index (χ2n) is 3.85. The summed E-state index contributed by atoms with van der Waals surface area (Å²) >= 11 is 0. The Morgan fingerprint density at radius 3 is 2.15 bits per heavy atom. The van der Waals surface area contributed by atoms with E-state index in [1.165, 1.54) is 6.42 Å². The van der Waals surface area contributed by atoms with Gasteiger partial charge in [0.15, 0.2) is 0 Å². The molecule has 0 atom stereocenters. The molecule has 0 N–H and O–H groups in total. The van der Waals surface area contributed by atoms with Crippen molar-refractivity contribution in [2.45, 2.75) is 45.1 Å². The van der Waals surface area contributed by atoms with Gasteiger partial charge in [0.05, 0.1) is 12.4 Å². The zero-order valence-electron chi connectivity index (χ0n) is 8.32. The molecule has 1 rings (SSSR count). The number of hydrogen-bond donors (Lipinski definition) is 0. The van der Waals surface area contributed by atoms with E-state index in [1.807, 2.05) is 0 Å². The van der Waals surface area contributed by atoms with Crippen molar-refractivity contribution in [3.8, 4) is 0 Å². The van der Waals surface area contributed by atoms with Crippen molar-refractivity contribution in [3.63, 3.8) is 0 Å². The summed E-state index contributed by atoms with van der Waals surface area (Å²) in [5, 5.41) is 0. The second-order valence-corrected chi connectivity index (χ2v) is 5.45. The lowest BCUT2D eigenvalue weighted by Crippen LogP contribution is -2.23. The standard InChI is InChI=1S/C9H18O3S/c1-3-8-4-6-9(7-5-8)12-13(2,10)11/h8-9H,3-7H2,1-2H3/t8-,9-. The average molecular weight is 206 g/mol. The Kier molecular flexibility index (Phi) is 3.74. The van der Waals surface area contributed by atoms with Gasteiger partial charge in [0.2, 0.25) is 0 Å². The molecule has 3 nitrogen and oxygen atoms in total. The molecule has 0 aromatic carbocycles. The molecule has 13 heavy (non-hydrogen) atoms. The summed E-state index contributed by atoms with van der Waals surface area (Å²) in [5.41, 5.74) is 0. The van der Waals surface area contributed by atoms with Gasteiger partial charge in [0, 0.05) is 0 Å². The number of hydrogen-bond acceptors (Lipinski definition) is 3. The van der Waals surface area contributed by atoms with Crippen molar-refractivity contribution < 1.29 is 12.6 Å². The Hall–Kier alpha value is -0.0900. The number of rotatable bonds is 3. The first kappa shape index (κ1) is 11.0. The van der Waals surface area contributed by atoms with Crippen LogP contribution < -0.4 is 0 Å². The first-order valence-electron chi connectivity index (χ1n) is 4.89. The highest BCUT2D eigenvalue weighted by Gasteiger charge is 2.23. The summed E-state index contributed by atoms with van der Waals surface area (Å²) in [5.74, 6) is 0.777. The average Bonchev–Trinajstić information content (AvgIpc) is 2.03. The lowest BCUT2D eigenvalue weighted by molar-refractivity contribution is 0.137. The van der Waals surface area contributed by atoms with Gasteiger partial charge in [-0.25, -0.2) is 0 Å². The molecule has 78 valence electrons. The maximum absolute atomic E-state index is 10.8. The SMILES string of the molecule is CC[C@H]1CC[C@H](OS(C)(=O)=O)CC1. The molecule has 1 fully saturated rings. The third-order valence-corrected chi connectivity index (χ3v) is 3.30. The van der Waals surface area contributed by atoms with Gasteiger partial charge in [-0.1, -0.05) is 13.3 Å². The first-order chi connectivity index (χ1) is 6.01. The van der Waals surface area contributed by atoms with E-state index in [0.29, 0.717) is 0 Å². The predicted octanol–water partition coefficient (Wildman–Crippen LogP) is 1.93. The molecule has 1 aliphatic carbocycles. The fraction of sp³-hybridized carbons (Fsp3) is 1.00. The molecular weight excluding hydrogens is 188 g/mol. The molecule has 0 aliphatic heterocycles. The quantitative estimate of drug-likeness (QED) is 0.663. The highest BCUT2D eigenvalue weighted by molar-refractivity contribution is 7.86. The van der Waals surface area contributed by atoms with Crippen LogP contribution in [0.15, 0.2) is 0 Å². The van der Waals surface area contributed by atoms with E-state index in [1.54, 1.807) is 0 Å². The van der Waals surface area contributed by atoms with Crippen LogP contribution >= 0.6 is 0 Å². The Balaban J connectivity index is 2.33. The van der Waals surface area contributed by atoms with Crippen molar-refractivity contribution in [1.29, 1.82) is 0 Å². The molecule has 1 saturated carbocycles. The summed E-state index contributed by atoms with van der Waals surface area (Å²) in [4.78, 5) is 0. The third-order valence-electron chi connectivity index (χ3n) is 2.68. The summed E-state index contributed by atoms with van der Waals surface area (Å²) in [6.07, 6.45) is 6.27. The fourth-order valence-corrected chi connectivity index (χ4v) is 2.57.